The van der Waals surface area contributed by atoms with Gasteiger partial charge in [-0.25, -0.2) is 4.79 Å². The number of carbonyl (C=O) groups is 1. The Morgan fingerprint density at radius 2 is 1.85 bits per heavy atom. The Bertz CT molecular complexity index is 1730. The Morgan fingerprint density at radius 3 is 2.73 bits per heavy atom. The van der Waals surface area contributed by atoms with Gasteiger partial charge in [0.25, 0.3) is 0 Å². The van der Waals surface area contributed by atoms with Gasteiger partial charge < -0.3 is 23.4 Å². The molecule has 7 nitrogen and oxygen atoms in total. The molecule has 0 spiro atoms. The van der Waals surface area contributed by atoms with Crippen molar-refractivity contribution in [3.05, 3.63) is 91.8 Å². The van der Waals surface area contributed by atoms with Gasteiger partial charge >= 0.3 is 11.6 Å². The fraction of sp³-hybridized carbons (Fsp3) is 0.333. The van der Waals surface area contributed by atoms with Gasteiger partial charge in [-0.15, -0.1) is 0 Å². The average molecular weight is 539 g/mol. The van der Waals surface area contributed by atoms with E-state index in [2.05, 4.69) is 12.1 Å². The van der Waals surface area contributed by atoms with Crippen molar-refractivity contribution in [2.45, 2.75) is 51.4 Å². The van der Waals surface area contributed by atoms with Crippen LogP contribution in [-0.2, 0) is 30.5 Å². The zero-order chi connectivity index (χ0) is 27.4. The van der Waals surface area contributed by atoms with Crippen molar-refractivity contribution >= 4 is 16.9 Å². The molecule has 1 aromatic heterocycles. The van der Waals surface area contributed by atoms with Crippen molar-refractivity contribution in [1.29, 1.82) is 0 Å². The van der Waals surface area contributed by atoms with Crippen LogP contribution >= 0.6 is 0 Å². The van der Waals surface area contributed by atoms with E-state index in [1.54, 1.807) is 7.11 Å². The molecule has 0 radical (unpaired) electrons. The Hall–Kier alpha value is -4.26. The van der Waals surface area contributed by atoms with Crippen molar-refractivity contribution in [2.24, 2.45) is 0 Å². The van der Waals surface area contributed by atoms with Gasteiger partial charge in [-0.05, 0) is 78.3 Å². The first-order valence-corrected chi connectivity index (χ1v) is 13.9. The van der Waals surface area contributed by atoms with Crippen molar-refractivity contribution in [1.82, 2.24) is 0 Å². The second-order valence-corrected chi connectivity index (χ2v) is 10.8. The molecular weight excluding hydrogens is 508 g/mol. The van der Waals surface area contributed by atoms with Crippen molar-refractivity contribution < 1.29 is 28.2 Å². The summed E-state index contributed by atoms with van der Waals surface area (Å²) in [7, 11) is 1.62. The molecule has 1 atom stereocenters. The standard InChI is InChI=1S/C33H30O7/c1-18-14-28-31(22-4-3-5-23(22)33(35)39-28)32-30(18)24(17-29(34)40-32)20-7-9-26(27(16-20)36-2)38-12-10-19-6-8-25-21(15-19)11-13-37-25/h6-9,14-16,24H,3-5,10-13,17H2,1-2H3. The fourth-order valence-electron chi connectivity index (χ4n) is 6.49. The van der Waals surface area contributed by atoms with E-state index in [-0.39, 0.29) is 23.9 Å². The molecule has 0 saturated carbocycles. The molecule has 204 valence electrons. The van der Waals surface area contributed by atoms with Crippen LogP contribution in [0.25, 0.3) is 11.0 Å². The molecule has 3 aromatic carbocycles. The highest BCUT2D eigenvalue weighted by atomic mass is 16.5. The Balaban J connectivity index is 1.20. The molecule has 7 rings (SSSR count). The lowest BCUT2D eigenvalue weighted by atomic mass is 9.82. The van der Waals surface area contributed by atoms with E-state index in [0.29, 0.717) is 41.4 Å². The molecule has 2 aliphatic heterocycles. The van der Waals surface area contributed by atoms with E-state index in [1.165, 1.54) is 11.1 Å². The Labute approximate surface area is 231 Å². The van der Waals surface area contributed by atoms with E-state index in [4.69, 9.17) is 23.4 Å². The smallest absolute Gasteiger partial charge is 0.339 e. The summed E-state index contributed by atoms with van der Waals surface area (Å²) in [5, 5.41) is 0.760. The predicted molar refractivity (Wildman–Crippen MR) is 149 cm³/mol. The Kier molecular flexibility index (Phi) is 6.02. The number of ether oxygens (including phenoxy) is 4. The summed E-state index contributed by atoms with van der Waals surface area (Å²) < 4.78 is 29.0. The molecule has 3 aliphatic rings. The van der Waals surface area contributed by atoms with E-state index in [9.17, 15) is 9.59 Å². The first kappa shape index (κ1) is 24.8. The fourth-order valence-corrected chi connectivity index (χ4v) is 6.49. The van der Waals surface area contributed by atoms with Gasteiger partial charge in [0, 0.05) is 29.9 Å². The van der Waals surface area contributed by atoms with E-state index < -0.39 is 0 Å². The molecule has 0 fully saturated rings. The predicted octanol–water partition coefficient (Wildman–Crippen LogP) is 5.60. The van der Waals surface area contributed by atoms with Crippen LogP contribution in [0.4, 0.5) is 0 Å². The zero-order valence-electron chi connectivity index (χ0n) is 22.6. The van der Waals surface area contributed by atoms with Gasteiger partial charge in [0.05, 0.1) is 32.1 Å². The molecule has 0 N–H and O–H groups in total. The number of hydrogen-bond acceptors (Lipinski definition) is 7. The zero-order valence-corrected chi connectivity index (χ0v) is 22.6. The van der Waals surface area contributed by atoms with Gasteiger partial charge in [-0.3, -0.25) is 4.79 Å². The van der Waals surface area contributed by atoms with Crippen LogP contribution < -0.4 is 24.6 Å². The number of hydrogen-bond donors (Lipinski definition) is 0. The highest BCUT2D eigenvalue weighted by Crippen LogP contribution is 2.48. The van der Waals surface area contributed by atoms with E-state index in [0.717, 1.165) is 65.7 Å². The quantitative estimate of drug-likeness (QED) is 0.180. The molecule has 0 bridgehead atoms. The molecule has 1 unspecified atom stereocenters. The molecule has 3 heterocycles. The number of benzene rings is 3. The van der Waals surface area contributed by atoms with Crippen LogP contribution in [0.15, 0.2) is 51.7 Å². The third-order valence-corrected chi connectivity index (χ3v) is 8.39. The van der Waals surface area contributed by atoms with Crippen LogP contribution in [0.1, 0.15) is 57.7 Å². The van der Waals surface area contributed by atoms with Gasteiger partial charge in [0.2, 0.25) is 0 Å². The number of esters is 1. The lowest BCUT2D eigenvalue weighted by Crippen LogP contribution is -2.23. The van der Waals surface area contributed by atoms with E-state index >= 15 is 0 Å². The molecular formula is C33H30O7. The first-order valence-electron chi connectivity index (χ1n) is 13.9. The maximum atomic E-state index is 12.9. The third-order valence-electron chi connectivity index (χ3n) is 8.39. The maximum absolute atomic E-state index is 12.9. The topological polar surface area (TPSA) is 84.2 Å². The van der Waals surface area contributed by atoms with Gasteiger partial charge in [0.15, 0.2) is 11.5 Å². The van der Waals surface area contributed by atoms with Crippen LogP contribution in [0, 0.1) is 6.92 Å². The second kappa shape index (κ2) is 9.73. The number of carbonyl (C=O) groups excluding carboxylic acids is 1. The maximum Gasteiger partial charge on any atom is 0.339 e. The summed E-state index contributed by atoms with van der Waals surface area (Å²) in [6.07, 6.45) is 4.28. The lowest BCUT2D eigenvalue weighted by Gasteiger charge is -2.28. The van der Waals surface area contributed by atoms with Crippen molar-refractivity contribution in [3.63, 3.8) is 0 Å². The SMILES string of the molecule is COc1cc(C2CC(=O)Oc3c2c(C)cc2oc(=O)c4c(c32)CCC4)ccc1OCCc1ccc2c(c1)CCO2. The van der Waals surface area contributed by atoms with Gasteiger partial charge in [0.1, 0.15) is 17.1 Å². The monoisotopic (exact) mass is 538 g/mol. The summed E-state index contributed by atoms with van der Waals surface area (Å²) in [5.74, 6) is 2.25. The minimum atomic E-state index is -0.304. The second-order valence-electron chi connectivity index (χ2n) is 10.8. The van der Waals surface area contributed by atoms with Crippen LogP contribution in [0.5, 0.6) is 23.0 Å². The largest absolute Gasteiger partial charge is 0.493 e. The molecule has 1 aliphatic carbocycles. The first-order chi connectivity index (χ1) is 19.5. The van der Waals surface area contributed by atoms with Crippen molar-refractivity contribution in [2.75, 3.05) is 20.3 Å². The average Bonchev–Trinajstić information content (AvgIpc) is 3.63. The highest BCUT2D eigenvalue weighted by molar-refractivity contribution is 5.95. The number of fused-ring (bicyclic) bond motifs is 6. The summed E-state index contributed by atoms with van der Waals surface area (Å²) in [5.41, 5.74) is 7.11. The van der Waals surface area contributed by atoms with Gasteiger partial charge in [-0.1, -0.05) is 18.2 Å². The summed E-state index contributed by atoms with van der Waals surface area (Å²) in [4.78, 5) is 25.5. The van der Waals surface area contributed by atoms with Crippen molar-refractivity contribution in [3.8, 4) is 23.0 Å². The minimum absolute atomic E-state index is 0.212. The molecule has 40 heavy (non-hydrogen) atoms. The molecule has 0 amide bonds. The van der Waals surface area contributed by atoms with Crippen LogP contribution in [-0.4, -0.2) is 26.3 Å². The molecule has 4 aromatic rings. The highest BCUT2D eigenvalue weighted by Gasteiger charge is 2.34. The lowest BCUT2D eigenvalue weighted by molar-refractivity contribution is -0.135. The number of methoxy groups -OCH3 is 1. The summed E-state index contributed by atoms with van der Waals surface area (Å²) in [6.45, 7) is 3.23. The number of aryl methyl sites for hydroxylation is 2. The number of rotatable bonds is 6. The normalized spacial score (nSPS) is 17.1. The molecule has 0 saturated heterocycles. The molecule has 7 heteroatoms. The van der Waals surface area contributed by atoms with E-state index in [1.807, 2.05) is 37.3 Å². The van der Waals surface area contributed by atoms with Crippen LogP contribution in [0.3, 0.4) is 0 Å². The summed E-state index contributed by atoms with van der Waals surface area (Å²) in [6, 6.07) is 14.1. The van der Waals surface area contributed by atoms with Gasteiger partial charge in [-0.2, -0.15) is 0 Å². The summed E-state index contributed by atoms with van der Waals surface area (Å²) >= 11 is 0. The third kappa shape index (κ3) is 4.12. The minimum Gasteiger partial charge on any atom is -0.493 e. The van der Waals surface area contributed by atoms with Crippen LogP contribution in [0.2, 0.25) is 0 Å². The Morgan fingerprint density at radius 1 is 0.975 bits per heavy atom.